The van der Waals surface area contributed by atoms with E-state index in [9.17, 15) is 9.59 Å². The number of ether oxygens (including phenoxy) is 6. The maximum atomic E-state index is 11.7. The molecule has 3 rings (SSSR count). The molecule has 1 aromatic carbocycles. The monoisotopic (exact) mass is 454 g/mol. The highest BCUT2D eigenvalue weighted by Gasteiger charge is 2.14. The number of hydrogen-bond acceptors (Lipinski definition) is 10. The number of hydrazine groups is 2. The highest BCUT2D eigenvalue weighted by atomic mass is 16.6. The molecule has 2 amide bonds. The highest BCUT2D eigenvalue weighted by Crippen LogP contribution is 2.17. The fraction of sp³-hybridized carbons (Fsp3) is 0.600. The van der Waals surface area contributed by atoms with Crippen LogP contribution >= 0.6 is 0 Å². The minimum absolute atomic E-state index is 0.123. The smallest absolute Gasteiger partial charge is 0.421 e. The van der Waals surface area contributed by atoms with Crippen LogP contribution in [0.3, 0.4) is 0 Å². The average molecular weight is 454 g/mol. The topological polar surface area (TPSA) is 120 Å². The van der Waals surface area contributed by atoms with Gasteiger partial charge in [-0.3, -0.25) is 10.9 Å². The van der Waals surface area contributed by atoms with E-state index in [1.165, 1.54) is 0 Å². The van der Waals surface area contributed by atoms with E-state index in [4.69, 9.17) is 28.4 Å². The molecule has 0 saturated carbocycles. The maximum Gasteiger partial charge on any atom is 0.421 e. The van der Waals surface area contributed by atoms with E-state index in [1.807, 2.05) is 0 Å². The van der Waals surface area contributed by atoms with Crippen molar-refractivity contribution in [1.82, 2.24) is 20.9 Å². The van der Waals surface area contributed by atoms with Gasteiger partial charge < -0.3 is 28.4 Å². The lowest BCUT2D eigenvalue weighted by Gasteiger charge is -2.26. The van der Waals surface area contributed by atoms with E-state index in [0.717, 1.165) is 0 Å². The summed E-state index contributed by atoms with van der Waals surface area (Å²) in [6, 6.07) is 6.98. The van der Waals surface area contributed by atoms with Gasteiger partial charge in [0.2, 0.25) is 0 Å². The van der Waals surface area contributed by atoms with Crippen LogP contribution in [0.4, 0.5) is 9.59 Å². The van der Waals surface area contributed by atoms with Crippen LogP contribution in [-0.4, -0.2) is 101 Å². The Kier molecular flexibility index (Phi) is 10.1. The minimum atomic E-state index is -0.514. The fourth-order valence-electron chi connectivity index (χ4n) is 2.89. The Morgan fingerprint density at radius 2 is 1.06 bits per heavy atom. The molecular weight excluding hydrogens is 424 g/mol. The van der Waals surface area contributed by atoms with E-state index in [0.29, 0.717) is 64.1 Å². The number of morpholine rings is 2. The molecular formula is C20H30N4O8. The zero-order valence-corrected chi connectivity index (χ0v) is 18.0. The summed E-state index contributed by atoms with van der Waals surface area (Å²) in [5, 5.41) is 3.51. The van der Waals surface area contributed by atoms with Crippen molar-refractivity contribution in [2.75, 3.05) is 79.0 Å². The Hall–Kier alpha value is -2.80. The Bertz CT molecular complexity index is 634. The molecule has 2 N–H and O–H groups in total. The number of benzene rings is 1. The molecule has 2 fully saturated rings. The molecule has 2 aliphatic heterocycles. The summed E-state index contributed by atoms with van der Waals surface area (Å²) in [6.45, 7) is 5.56. The summed E-state index contributed by atoms with van der Waals surface area (Å²) < 4.78 is 31.7. The van der Waals surface area contributed by atoms with Crippen molar-refractivity contribution in [2.24, 2.45) is 0 Å². The van der Waals surface area contributed by atoms with Gasteiger partial charge in [-0.15, -0.1) is 0 Å². The van der Waals surface area contributed by atoms with Crippen molar-refractivity contribution in [1.29, 1.82) is 0 Å². The van der Waals surface area contributed by atoms with Crippen LogP contribution in [0.2, 0.25) is 0 Å². The van der Waals surface area contributed by atoms with Crippen molar-refractivity contribution in [2.45, 2.75) is 0 Å². The molecule has 0 unspecified atom stereocenters. The summed E-state index contributed by atoms with van der Waals surface area (Å²) in [5.74, 6) is 1.24. The molecule has 12 nitrogen and oxygen atoms in total. The molecule has 0 spiro atoms. The minimum Gasteiger partial charge on any atom is -0.490 e. The van der Waals surface area contributed by atoms with Crippen LogP contribution < -0.4 is 20.3 Å². The Balaban J connectivity index is 1.21. The standard InChI is InChI=1S/C20H30N4O8/c25-19(21-23-5-9-27-10-6-23)31-15-13-29-17-1-2-18(4-3-17)30-14-16-32-20(26)22-24-7-11-28-12-8-24/h1-4H,5-16H2,(H,21,25)(H,22,26). The van der Waals surface area contributed by atoms with Gasteiger partial charge in [0.05, 0.1) is 26.4 Å². The van der Waals surface area contributed by atoms with E-state index in [2.05, 4.69) is 10.9 Å². The van der Waals surface area contributed by atoms with Gasteiger partial charge in [0.1, 0.15) is 37.9 Å². The number of carbonyl (C=O) groups excluding carboxylic acids is 2. The Labute approximate surface area is 186 Å². The fourth-order valence-corrected chi connectivity index (χ4v) is 2.89. The molecule has 178 valence electrons. The third-order valence-electron chi connectivity index (χ3n) is 4.52. The van der Waals surface area contributed by atoms with E-state index in [1.54, 1.807) is 34.3 Å². The second-order valence-electron chi connectivity index (χ2n) is 6.86. The largest absolute Gasteiger partial charge is 0.490 e. The van der Waals surface area contributed by atoms with Crippen LogP contribution in [0.5, 0.6) is 11.5 Å². The Morgan fingerprint density at radius 1 is 0.688 bits per heavy atom. The van der Waals surface area contributed by atoms with Crippen LogP contribution in [0.15, 0.2) is 24.3 Å². The predicted molar refractivity (Wildman–Crippen MR) is 111 cm³/mol. The first-order valence-corrected chi connectivity index (χ1v) is 10.6. The zero-order chi connectivity index (χ0) is 22.4. The number of nitrogens with zero attached hydrogens (tertiary/aromatic N) is 2. The molecule has 12 heteroatoms. The van der Waals surface area contributed by atoms with Crippen LogP contribution in [0, 0.1) is 0 Å². The van der Waals surface area contributed by atoms with Gasteiger partial charge in [0, 0.05) is 26.2 Å². The third-order valence-corrected chi connectivity index (χ3v) is 4.52. The molecule has 0 atom stereocenters. The quantitative estimate of drug-likeness (QED) is 0.481. The number of nitrogens with one attached hydrogen (secondary N) is 2. The summed E-state index contributed by atoms with van der Waals surface area (Å²) in [4.78, 5) is 23.4. The van der Waals surface area contributed by atoms with Gasteiger partial charge in [-0.05, 0) is 24.3 Å². The van der Waals surface area contributed by atoms with Gasteiger partial charge in [-0.1, -0.05) is 0 Å². The van der Waals surface area contributed by atoms with Crippen LogP contribution in [-0.2, 0) is 18.9 Å². The molecule has 0 radical (unpaired) electrons. The van der Waals surface area contributed by atoms with Crippen molar-refractivity contribution < 1.29 is 38.0 Å². The number of hydrogen-bond donors (Lipinski definition) is 2. The Morgan fingerprint density at radius 3 is 1.44 bits per heavy atom. The highest BCUT2D eigenvalue weighted by molar-refractivity contribution is 5.66. The van der Waals surface area contributed by atoms with Crippen molar-refractivity contribution >= 4 is 12.2 Å². The lowest BCUT2D eigenvalue weighted by molar-refractivity contribution is 0.00851. The van der Waals surface area contributed by atoms with Crippen molar-refractivity contribution in [3.8, 4) is 11.5 Å². The second-order valence-corrected chi connectivity index (χ2v) is 6.86. The summed E-state index contributed by atoms with van der Waals surface area (Å²) in [5.41, 5.74) is 5.31. The van der Waals surface area contributed by atoms with E-state index < -0.39 is 12.2 Å². The van der Waals surface area contributed by atoms with Gasteiger partial charge in [-0.25, -0.2) is 19.6 Å². The average Bonchev–Trinajstić information content (AvgIpc) is 2.82. The van der Waals surface area contributed by atoms with E-state index >= 15 is 0 Å². The summed E-state index contributed by atoms with van der Waals surface area (Å²) in [6.07, 6.45) is -1.03. The number of carbonyl (C=O) groups is 2. The van der Waals surface area contributed by atoms with Gasteiger partial charge in [-0.2, -0.15) is 0 Å². The lowest BCUT2D eigenvalue weighted by atomic mass is 10.3. The predicted octanol–water partition coefficient (Wildman–Crippen LogP) is 0.391. The van der Waals surface area contributed by atoms with Gasteiger partial charge >= 0.3 is 12.2 Å². The third kappa shape index (κ3) is 9.14. The summed E-state index contributed by atoms with van der Waals surface area (Å²) in [7, 11) is 0. The van der Waals surface area contributed by atoms with Crippen molar-refractivity contribution in [3.05, 3.63) is 24.3 Å². The first kappa shape index (κ1) is 23.9. The molecule has 32 heavy (non-hydrogen) atoms. The van der Waals surface area contributed by atoms with E-state index in [-0.39, 0.29) is 26.4 Å². The van der Waals surface area contributed by atoms with Crippen LogP contribution in [0.25, 0.3) is 0 Å². The summed E-state index contributed by atoms with van der Waals surface area (Å²) >= 11 is 0. The lowest BCUT2D eigenvalue weighted by Crippen LogP contribution is -2.48. The second kappa shape index (κ2) is 13.6. The maximum absolute atomic E-state index is 11.7. The first-order chi connectivity index (χ1) is 15.7. The van der Waals surface area contributed by atoms with Crippen molar-refractivity contribution in [3.63, 3.8) is 0 Å². The molecule has 0 aliphatic carbocycles. The van der Waals surface area contributed by atoms with Crippen LogP contribution in [0.1, 0.15) is 0 Å². The van der Waals surface area contributed by atoms with Gasteiger partial charge in [0.25, 0.3) is 0 Å². The molecule has 0 bridgehead atoms. The number of rotatable bonds is 10. The molecule has 2 heterocycles. The van der Waals surface area contributed by atoms with Gasteiger partial charge in [0.15, 0.2) is 0 Å². The molecule has 0 aromatic heterocycles. The molecule has 1 aromatic rings. The molecule has 2 aliphatic rings. The first-order valence-electron chi connectivity index (χ1n) is 10.6. The number of amides is 2. The molecule has 2 saturated heterocycles. The SMILES string of the molecule is O=C(NN1CCOCC1)OCCOc1ccc(OCCOC(=O)NN2CCOCC2)cc1. The zero-order valence-electron chi connectivity index (χ0n) is 18.0. The normalized spacial score (nSPS) is 17.2.